The van der Waals surface area contributed by atoms with E-state index in [2.05, 4.69) is 16.5 Å². The number of furan rings is 1. The molecule has 0 spiro atoms. The lowest BCUT2D eigenvalue weighted by atomic mass is 10.1. The molecule has 3 heterocycles. The molecule has 148 valence electrons. The molecule has 0 aliphatic heterocycles. The molecule has 0 bridgehead atoms. The maximum Gasteiger partial charge on any atom is 0.333 e. The number of hydrogen-bond acceptors (Lipinski definition) is 4. The van der Waals surface area contributed by atoms with Gasteiger partial charge < -0.3 is 9.40 Å². The fourth-order valence-electron chi connectivity index (χ4n) is 3.16. The molecule has 0 atom stereocenters. The van der Waals surface area contributed by atoms with Gasteiger partial charge in [0.2, 0.25) is 0 Å². The smallest absolute Gasteiger partial charge is 0.333 e. The number of nitrogens with zero attached hydrogens (tertiary/aromatic N) is 3. The molecule has 0 saturated carbocycles. The highest BCUT2D eigenvalue weighted by atomic mass is 19.1. The van der Waals surface area contributed by atoms with E-state index in [0.29, 0.717) is 5.76 Å². The van der Waals surface area contributed by atoms with Gasteiger partial charge in [-0.3, -0.25) is 13.9 Å². The Morgan fingerprint density at radius 1 is 1.14 bits per heavy atom. The molecule has 0 aliphatic carbocycles. The average Bonchev–Trinajstić information content (AvgIpc) is 3.35. The number of fused-ring (bicyclic) bond motifs is 1. The van der Waals surface area contributed by atoms with Crippen LogP contribution in [0.3, 0.4) is 0 Å². The number of H-pyrrole nitrogens is 1. The van der Waals surface area contributed by atoms with Crippen molar-refractivity contribution in [2.45, 2.75) is 19.5 Å². The maximum atomic E-state index is 14.0. The van der Waals surface area contributed by atoms with Crippen LogP contribution in [0, 0.1) is 11.6 Å². The summed E-state index contributed by atoms with van der Waals surface area (Å²) in [6.45, 7) is 3.61. The number of aromatic nitrogens is 4. The van der Waals surface area contributed by atoms with Gasteiger partial charge in [0.05, 0.1) is 12.8 Å². The Hall–Kier alpha value is -3.75. The van der Waals surface area contributed by atoms with E-state index in [1.807, 2.05) is 0 Å². The molecule has 1 N–H and O–H groups in total. The Labute approximate surface area is 162 Å². The number of benzene rings is 1. The highest BCUT2D eigenvalue weighted by molar-refractivity contribution is 5.70. The fourth-order valence-corrected chi connectivity index (χ4v) is 3.16. The van der Waals surface area contributed by atoms with Crippen LogP contribution in [0.5, 0.6) is 0 Å². The number of imidazole rings is 1. The quantitative estimate of drug-likeness (QED) is 0.506. The number of hydrogen-bond donors (Lipinski definition) is 1. The van der Waals surface area contributed by atoms with Gasteiger partial charge in [-0.1, -0.05) is 12.1 Å². The molecule has 1 aromatic carbocycles. The summed E-state index contributed by atoms with van der Waals surface area (Å²) in [5.41, 5.74) is -1.21. The Bertz CT molecular complexity index is 1300. The molecule has 0 unspecified atom stereocenters. The predicted molar refractivity (Wildman–Crippen MR) is 102 cm³/mol. The van der Waals surface area contributed by atoms with Crippen molar-refractivity contribution in [2.75, 3.05) is 0 Å². The van der Waals surface area contributed by atoms with Crippen molar-refractivity contribution in [3.05, 3.63) is 98.9 Å². The molecular weight excluding hydrogens is 382 g/mol. The van der Waals surface area contributed by atoms with Gasteiger partial charge in [0, 0.05) is 18.5 Å². The van der Waals surface area contributed by atoms with Crippen molar-refractivity contribution >= 4 is 11.2 Å². The van der Waals surface area contributed by atoms with Crippen LogP contribution in [0.2, 0.25) is 0 Å². The van der Waals surface area contributed by atoms with Gasteiger partial charge in [-0.2, -0.15) is 0 Å². The van der Waals surface area contributed by atoms with Gasteiger partial charge >= 0.3 is 5.69 Å². The Morgan fingerprint density at radius 3 is 2.55 bits per heavy atom. The molecule has 0 saturated heterocycles. The molecule has 0 radical (unpaired) electrons. The highest BCUT2D eigenvalue weighted by Gasteiger charge is 2.19. The van der Waals surface area contributed by atoms with Crippen molar-refractivity contribution in [1.82, 2.24) is 19.1 Å². The van der Waals surface area contributed by atoms with Crippen molar-refractivity contribution in [1.29, 1.82) is 0 Å². The van der Waals surface area contributed by atoms with Crippen molar-refractivity contribution in [3.8, 4) is 0 Å². The summed E-state index contributed by atoms with van der Waals surface area (Å²) in [7, 11) is 0. The third-order valence-corrected chi connectivity index (χ3v) is 4.52. The van der Waals surface area contributed by atoms with E-state index in [1.165, 1.54) is 23.0 Å². The molecule has 4 aromatic rings. The lowest BCUT2D eigenvalue weighted by Crippen LogP contribution is -2.40. The summed E-state index contributed by atoms with van der Waals surface area (Å²) in [6, 6.07) is 6.91. The van der Waals surface area contributed by atoms with E-state index in [1.54, 1.807) is 12.1 Å². The lowest BCUT2D eigenvalue weighted by Gasteiger charge is -2.08. The van der Waals surface area contributed by atoms with Crippen LogP contribution in [-0.4, -0.2) is 19.1 Å². The SMILES string of the molecule is C=CCn1c(=O)c2[nH]c(Cc3c(F)cccc3F)nc2n(Cc2ccco2)c1=O. The summed E-state index contributed by atoms with van der Waals surface area (Å²) in [5.74, 6) is -0.794. The van der Waals surface area contributed by atoms with Gasteiger partial charge in [-0.05, 0) is 24.3 Å². The first-order valence-electron chi connectivity index (χ1n) is 8.78. The van der Waals surface area contributed by atoms with E-state index >= 15 is 0 Å². The minimum absolute atomic E-state index is 0.00204. The number of halogens is 2. The van der Waals surface area contributed by atoms with E-state index in [4.69, 9.17) is 4.42 Å². The Morgan fingerprint density at radius 2 is 1.90 bits per heavy atom. The zero-order chi connectivity index (χ0) is 20.5. The molecule has 29 heavy (non-hydrogen) atoms. The molecule has 9 heteroatoms. The Balaban J connectivity index is 1.90. The summed E-state index contributed by atoms with van der Waals surface area (Å²) in [6.07, 6.45) is 2.69. The van der Waals surface area contributed by atoms with E-state index < -0.39 is 22.9 Å². The third kappa shape index (κ3) is 3.31. The summed E-state index contributed by atoms with van der Waals surface area (Å²) < 4.78 is 35.6. The zero-order valence-corrected chi connectivity index (χ0v) is 15.2. The second kappa shape index (κ2) is 7.34. The van der Waals surface area contributed by atoms with Crippen LogP contribution in [0.4, 0.5) is 8.78 Å². The van der Waals surface area contributed by atoms with Crippen molar-refractivity contribution in [3.63, 3.8) is 0 Å². The molecule has 0 amide bonds. The zero-order valence-electron chi connectivity index (χ0n) is 15.2. The van der Waals surface area contributed by atoms with E-state index in [0.717, 1.165) is 16.7 Å². The van der Waals surface area contributed by atoms with Gasteiger partial charge in [-0.25, -0.2) is 18.6 Å². The number of nitrogens with one attached hydrogen (secondary N) is 1. The van der Waals surface area contributed by atoms with Crippen molar-refractivity contribution < 1.29 is 13.2 Å². The third-order valence-electron chi connectivity index (χ3n) is 4.52. The predicted octanol–water partition coefficient (Wildman–Crippen LogP) is 2.58. The monoisotopic (exact) mass is 398 g/mol. The molecular formula is C20H16F2N4O3. The van der Waals surface area contributed by atoms with Gasteiger partial charge in [-0.15, -0.1) is 6.58 Å². The van der Waals surface area contributed by atoms with Crippen LogP contribution in [0.1, 0.15) is 17.1 Å². The average molecular weight is 398 g/mol. The summed E-state index contributed by atoms with van der Waals surface area (Å²) in [4.78, 5) is 32.7. The van der Waals surface area contributed by atoms with Crippen LogP contribution >= 0.6 is 0 Å². The second-order valence-corrected chi connectivity index (χ2v) is 6.41. The van der Waals surface area contributed by atoms with Gasteiger partial charge in [0.15, 0.2) is 5.65 Å². The lowest BCUT2D eigenvalue weighted by molar-refractivity contribution is 0.485. The number of aromatic amines is 1. The van der Waals surface area contributed by atoms with Gasteiger partial charge in [0.1, 0.15) is 28.7 Å². The molecule has 0 aliphatic rings. The van der Waals surface area contributed by atoms with Gasteiger partial charge in [0.25, 0.3) is 5.56 Å². The maximum absolute atomic E-state index is 14.0. The standard InChI is InChI=1S/C20H16F2N4O3/c1-2-8-25-19(27)17-18(26(20(25)28)11-12-5-4-9-29-12)24-16(23-17)10-13-14(21)6-3-7-15(13)22/h2-7,9H,1,8,10-11H2,(H,23,24). The molecule has 3 aromatic heterocycles. The van der Waals surface area contributed by atoms with Crippen molar-refractivity contribution in [2.24, 2.45) is 0 Å². The van der Waals surface area contributed by atoms with Crippen LogP contribution in [-0.2, 0) is 19.5 Å². The first kappa shape index (κ1) is 18.6. The van der Waals surface area contributed by atoms with E-state index in [-0.39, 0.29) is 42.1 Å². The summed E-state index contributed by atoms with van der Waals surface area (Å²) >= 11 is 0. The highest BCUT2D eigenvalue weighted by Crippen LogP contribution is 2.17. The topological polar surface area (TPSA) is 85.8 Å². The number of allylic oxidation sites excluding steroid dienone is 1. The molecule has 7 nitrogen and oxygen atoms in total. The summed E-state index contributed by atoms with van der Waals surface area (Å²) in [5, 5.41) is 0. The van der Waals surface area contributed by atoms with Crippen LogP contribution in [0.15, 0.2) is 63.3 Å². The Kier molecular flexibility index (Phi) is 4.71. The first-order valence-corrected chi connectivity index (χ1v) is 8.78. The van der Waals surface area contributed by atoms with E-state index in [9.17, 15) is 18.4 Å². The normalized spacial score (nSPS) is 11.2. The number of rotatable bonds is 6. The fraction of sp³-hybridized carbons (Fsp3) is 0.150. The largest absolute Gasteiger partial charge is 0.467 e. The second-order valence-electron chi connectivity index (χ2n) is 6.41. The minimum atomic E-state index is -0.720. The van der Waals surface area contributed by atoms with Crippen LogP contribution < -0.4 is 11.2 Å². The first-order chi connectivity index (χ1) is 14.0. The molecule has 0 fully saturated rings. The molecule has 4 rings (SSSR count). The van der Waals surface area contributed by atoms with Crippen LogP contribution in [0.25, 0.3) is 11.2 Å². The minimum Gasteiger partial charge on any atom is -0.467 e.